The Morgan fingerprint density at radius 3 is 2.63 bits per heavy atom. The molecule has 2 rings (SSSR count). The third-order valence-corrected chi connectivity index (χ3v) is 3.68. The Kier molecular flexibility index (Phi) is 4.83. The van der Waals surface area contributed by atoms with Gasteiger partial charge in [-0.2, -0.15) is 0 Å². The van der Waals surface area contributed by atoms with E-state index in [0.717, 1.165) is 30.6 Å². The molecular weight excluding hydrogens is 238 g/mol. The summed E-state index contributed by atoms with van der Waals surface area (Å²) >= 11 is 0. The van der Waals surface area contributed by atoms with Crippen LogP contribution in [0.3, 0.4) is 0 Å². The van der Waals surface area contributed by atoms with Crippen LogP contribution in [0.25, 0.3) is 0 Å². The van der Waals surface area contributed by atoms with Gasteiger partial charge in [-0.15, -0.1) is 0 Å². The average Bonchev–Trinajstić information content (AvgIpc) is 2.37. The summed E-state index contributed by atoms with van der Waals surface area (Å²) in [4.78, 5) is 0. The van der Waals surface area contributed by atoms with Crippen molar-refractivity contribution in [2.75, 3.05) is 0 Å². The summed E-state index contributed by atoms with van der Waals surface area (Å²) in [5.41, 5.74) is 7.21. The molecule has 2 N–H and O–H groups in total. The quantitative estimate of drug-likeness (QED) is 0.905. The molecule has 3 atom stereocenters. The molecule has 106 valence electrons. The second-order valence-corrected chi connectivity index (χ2v) is 5.56. The average molecular weight is 263 g/mol. The first-order valence-corrected chi connectivity index (χ1v) is 7.26. The molecule has 1 heterocycles. The highest BCUT2D eigenvalue weighted by atomic mass is 16.5. The lowest BCUT2D eigenvalue weighted by atomic mass is 10.0. The van der Waals surface area contributed by atoms with Crippen LogP contribution >= 0.6 is 0 Å². The zero-order valence-electron chi connectivity index (χ0n) is 12.1. The molecule has 1 fully saturated rings. The van der Waals surface area contributed by atoms with Crippen LogP contribution in [0.2, 0.25) is 0 Å². The monoisotopic (exact) mass is 263 g/mol. The van der Waals surface area contributed by atoms with Crippen LogP contribution in [-0.4, -0.2) is 18.3 Å². The maximum Gasteiger partial charge on any atom is 0.120 e. The second kappa shape index (κ2) is 6.40. The Labute approximate surface area is 116 Å². The number of hydrogen-bond donors (Lipinski definition) is 1. The molecule has 3 nitrogen and oxygen atoms in total. The lowest BCUT2D eigenvalue weighted by Gasteiger charge is -2.32. The van der Waals surface area contributed by atoms with Crippen LogP contribution in [0.4, 0.5) is 0 Å². The van der Waals surface area contributed by atoms with Crippen LogP contribution in [0.15, 0.2) is 24.3 Å². The van der Waals surface area contributed by atoms with Crippen molar-refractivity contribution in [3.63, 3.8) is 0 Å². The van der Waals surface area contributed by atoms with Gasteiger partial charge in [-0.1, -0.05) is 19.1 Å². The van der Waals surface area contributed by atoms with Gasteiger partial charge in [0.25, 0.3) is 0 Å². The van der Waals surface area contributed by atoms with E-state index in [4.69, 9.17) is 15.2 Å². The van der Waals surface area contributed by atoms with E-state index in [0.29, 0.717) is 0 Å². The smallest absolute Gasteiger partial charge is 0.120 e. The Hall–Kier alpha value is -1.06. The first-order valence-electron chi connectivity index (χ1n) is 7.26. The third-order valence-electron chi connectivity index (χ3n) is 3.68. The van der Waals surface area contributed by atoms with Gasteiger partial charge in [0.2, 0.25) is 0 Å². The molecule has 0 aliphatic carbocycles. The largest absolute Gasteiger partial charge is 0.490 e. The van der Waals surface area contributed by atoms with Gasteiger partial charge in [0.1, 0.15) is 11.9 Å². The molecule has 0 bridgehead atoms. The van der Waals surface area contributed by atoms with E-state index >= 15 is 0 Å². The molecule has 0 spiro atoms. The van der Waals surface area contributed by atoms with Crippen LogP contribution in [0, 0.1) is 0 Å². The van der Waals surface area contributed by atoms with Gasteiger partial charge in [0.05, 0.1) is 12.2 Å². The van der Waals surface area contributed by atoms with Crippen molar-refractivity contribution >= 4 is 0 Å². The molecule has 0 saturated carbocycles. The van der Waals surface area contributed by atoms with Crippen LogP contribution < -0.4 is 10.5 Å². The van der Waals surface area contributed by atoms with Crippen molar-refractivity contribution in [1.29, 1.82) is 0 Å². The second-order valence-electron chi connectivity index (χ2n) is 5.56. The van der Waals surface area contributed by atoms with Crippen LogP contribution in [-0.2, 0) is 4.74 Å². The summed E-state index contributed by atoms with van der Waals surface area (Å²) in [6, 6.07) is 8.26. The zero-order valence-corrected chi connectivity index (χ0v) is 12.1. The van der Waals surface area contributed by atoms with Crippen molar-refractivity contribution in [2.24, 2.45) is 5.73 Å². The van der Waals surface area contributed by atoms with Gasteiger partial charge in [-0.05, 0) is 38.0 Å². The molecule has 1 aromatic carbocycles. The SMILES string of the molecule is CCC(N)c1cccc(OC2CC(C)OC(C)C2)c1. The molecule has 1 saturated heterocycles. The van der Waals surface area contributed by atoms with Crippen LogP contribution in [0.1, 0.15) is 51.6 Å². The summed E-state index contributed by atoms with van der Waals surface area (Å²) in [7, 11) is 0. The number of ether oxygens (including phenoxy) is 2. The van der Waals surface area contributed by atoms with Gasteiger partial charge in [0, 0.05) is 18.9 Å². The lowest BCUT2D eigenvalue weighted by molar-refractivity contribution is -0.0721. The van der Waals surface area contributed by atoms with Crippen molar-refractivity contribution < 1.29 is 9.47 Å². The first-order chi connectivity index (χ1) is 9.08. The molecule has 0 amide bonds. The molecule has 19 heavy (non-hydrogen) atoms. The highest BCUT2D eigenvalue weighted by molar-refractivity contribution is 5.30. The van der Waals surface area contributed by atoms with Gasteiger partial charge in [0.15, 0.2) is 0 Å². The van der Waals surface area contributed by atoms with Gasteiger partial charge < -0.3 is 15.2 Å². The fourth-order valence-corrected chi connectivity index (χ4v) is 2.69. The number of hydrogen-bond acceptors (Lipinski definition) is 3. The predicted octanol–water partition coefficient (Wildman–Crippen LogP) is 3.43. The summed E-state index contributed by atoms with van der Waals surface area (Å²) in [6.45, 7) is 6.31. The van der Waals surface area contributed by atoms with Crippen molar-refractivity contribution in [3.8, 4) is 5.75 Å². The van der Waals surface area contributed by atoms with E-state index in [1.807, 2.05) is 12.1 Å². The van der Waals surface area contributed by atoms with E-state index in [1.165, 1.54) is 0 Å². The molecule has 1 aromatic rings. The Morgan fingerprint density at radius 1 is 1.32 bits per heavy atom. The summed E-state index contributed by atoms with van der Waals surface area (Å²) in [5, 5.41) is 0. The van der Waals surface area contributed by atoms with Crippen molar-refractivity contribution in [1.82, 2.24) is 0 Å². The molecule has 3 heteroatoms. The van der Waals surface area contributed by atoms with Gasteiger partial charge in [-0.3, -0.25) is 0 Å². The fourth-order valence-electron chi connectivity index (χ4n) is 2.69. The third kappa shape index (κ3) is 3.95. The molecular formula is C16H25NO2. The summed E-state index contributed by atoms with van der Waals surface area (Å²) in [6.07, 6.45) is 3.63. The van der Waals surface area contributed by atoms with E-state index in [-0.39, 0.29) is 24.4 Å². The van der Waals surface area contributed by atoms with Gasteiger partial charge in [-0.25, -0.2) is 0 Å². The predicted molar refractivity (Wildman–Crippen MR) is 77.3 cm³/mol. The lowest BCUT2D eigenvalue weighted by Crippen LogP contribution is -2.35. The Bertz CT molecular complexity index is 397. The molecule has 0 aromatic heterocycles. The minimum absolute atomic E-state index is 0.0936. The number of nitrogens with two attached hydrogens (primary N) is 1. The van der Waals surface area contributed by atoms with E-state index in [2.05, 4.69) is 32.9 Å². The number of benzene rings is 1. The molecule has 1 aliphatic rings. The Morgan fingerprint density at radius 2 is 2.00 bits per heavy atom. The van der Waals surface area contributed by atoms with E-state index < -0.39 is 0 Å². The Balaban J connectivity index is 2.02. The minimum atomic E-state index is 0.0936. The summed E-state index contributed by atoms with van der Waals surface area (Å²) < 4.78 is 11.8. The van der Waals surface area contributed by atoms with E-state index in [9.17, 15) is 0 Å². The standard InChI is InChI=1S/C16H25NO2/c1-4-16(17)13-6-5-7-14(10-13)19-15-8-11(2)18-12(3)9-15/h5-7,10-12,15-16H,4,8-9,17H2,1-3H3. The zero-order chi connectivity index (χ0) is 13.8. The van der Waals surface area contributed by atoms with Crippen LogP contribution in [0.5, 0.6) is 5.75 Å². The maximum atomic E-state index is 6.10. The normalized spacial score (nSPS) is 28.9. The fraction of sp³-hybridized carbons (Fsp3) is 0.625. The van der Waals surface area contributed by atoms with Gasteiger partial charge >= 0.3 is 0 Å². The van der Waals surface area contributed by atoms with E-state index in [1.54, 1.807) is 0 Å². The topological polar surface area (TPSA) is 44.5 Å². The molecule has 1 aliphatic heterocycles. The van der Waals surface area contributed by atoms with Crippen molar-refractivity contribution in [2.45, 2.75) is 64.4 Å². The van der Waals surface area contributed by atoms with Crippen molar-refractivity contribution in [3.05, 3.63) is 29.8 Å². The minimum Gasteiger partial charge on any atom is -0.490 e. The highest BCUT2D eigenvalue weighted by Crippen LogP contribution is 2.26. The first kappa shape index (κ1) is 14.4. The highest BCUT2D eigenvalue weighted by Gasteiger charge is 2.25. The maximum absolute atomic E-state index is 6.10. The number of rotatable bonds is 4. The summed E-state index contributed by atoms with van der Waals surface area (Å²) in [5.74, 6) is 0.924. The molecule has 0 radical (unpaired) electrons. The molecule has 3 unspecified atom stereocenters.